The standard InChI is InChI=1S/C15H22FN/c1-4-7-13(5-2)10-17-11-14-9-6-8-12(3)15(14)16/h6,8-9,11,13H,4-5,7,10H2,1-3H3/b17-11+. The van der Waals surface area contributed by atoms with Gasteiger partial charge in [-0.25, -0.2) is 4.39 Å². The highest BCUT2D eigenvalue weighted by molar-refractivity contribution is 5.80. The molecule has 0 saturated carbocycles. The van der Waals surface area contributed by atoms with Crippen LogP contribution >= 0.6 is 0 Å². The molecule has 94 valence electrons. The van der Waals surface area contributed by atoms with Gasteiger partial charge in [-0.05, 0) is 24.8 Å². The lowest BCUT2D eigenvalue weighted by atomic mass is 10.0. The summed E-state index contributed by atoms with van der Waals surface area (Å²) in [7, 11) is 0. The first kappa shape index (κ1) is 13.9. The van der Waals surface area contributed by atoms with E-state index >= 15 is 0 Å². The van der Waals surface area contributed by atoms with Crippen LogP contribution in [0.15, 0.2) is 23.2 Å². The first-order valence-corrected chi connectivity index (χ1v) is 6.44. The third kappa shape index (κ3) is 4.29. The van der Waals surface area contributed by atoms with Crippen LogP contribution in [0, 0.1) is 18.7 Å². The van der Waals surface area contributed by atoms with Gasteiger partial charge in [-0.15, -0.1) is 0 Å². The molecule has 0 fully saturated rings. The van der Waals surface area contributed by atoms with Crippen molar-refractivity contribution in [3.8, 4) is 0 Å². The Balaban J connectivity index is 2.61. The normalized spacial score (nSPS) is 13.2. The molecule has 0 bridgehead atoms. The molecule has 0 heterocycles. The highest BCUT2D eigenvalue weighted by Crippen LogP contribution is 2.12. The summed E-state index contributed by atoms with van der Waals surface area (Å²) >= 11 is 0. The molecule has 0 aliphatic heterocycles. The molecule has 1 nitrogen and oxygen atoms in total. The van der Waals surface area contributed by atoms with Crippen LogP contribution in [0.3, 0.4) is 0 Å². The van der Waals surface area contributed by atoms with Gasteiger partial charge < -0.3 is 0 Å². The van der Waals surface area contributed by atoms with Crippen LogP contribution < -0.4 is 0 Å². The van der Waals surface area contributed by atoms with Crippen molar-refractivity contribution in [2.24, 2.45) is 10.9 Å². The Morgan fingerprint density at radius 3 is 2.76 bits per heavy atom. The van der Waals surface area contributed by atoms with Gasteiger partial charge in [0.15, 0.2) is 0 Å². The van der Waals surface area contributed by atoms with E-state index in [2.05, 4.69) is 18.8 Å². The fraction of sp³-hybridized carbons (Fsp3) is 0.533. The van der Waals surface area contributed by atoms with Crippen LogP contribution in [0.25, 0.3) is 0 Å². The smallest absolute Gasteiger partial charge is 0.134 e. The molecule has 1 unspecified atom stereocenters. The Hall–Kier alpha value is -1.18. The number of hydrogen-bond donors (Lipinski definition) is 0. The van der Waals surface area contributed by atoms with Crippen molar-refractivity contribution in [2.75, 3.05) is 6.54 Å². The number of aliphatic imine (C=N–C) groups is 1. The molecule has 0 amide bonds. The number of rotatable bonds is 6. The van der Waals surface area contributed by atoms with Gasteiger partial charge in [0, 0.05) is 18.3 Å². The predicted octanol–water partition coefficient (Wildman–Crippen LogP) is 4.38. The Bertz CT molecular complexity index is 371. The Morgan fingerprint density at radius 1 is 1.35 bits per heavy atom. The van der Waals surface area contributed by atoms with Crippen molar-refractivity contribution in [1.29, 1.82) is 0 Å². The van der Waals surface area contributed by atoms with E-state index in [4.69, 9.17) is 0 Å². The van der Waals surface area contributed by atoms with E-state index in [0.29, 0.717) is 17.0 Å². The van der Waals surface area contributed by atoms with Gasteiger partial charge in [-0.2, -0.15) is 0 Å². The van der Waals surface area contributed by atoms with Crippen molar-refractivity contribution in [3.05, 3.63) is 35.1 Å². The van der Waals surface area contributed by atoms with Crippen molar-refractivity contribution in [1.82, 2.24) is 0 Å². The van der Waals surface area contributed by atoms with Gasteiger partial charge in [0.2, 0.25) is 0 Å². The van der Waals surface area contributed by atoms with Crippen LogP contribution in [0.4, 0.5) is 4.39 Å². The predicted molar refractivity (Wildman–Crippen MR) is 72.3 cm³/mol. The quantitative estimate of drug-likeness (QED) is 0.649. The zero-order chi connectivity index (χ0) is 12.7. The summed E-state index contributed by atoms with van der Waals surface area (Å²) in [5.74, 6) is 0.476. The second-order valence-electron chi connectivity index (χ2n) is 4.54. The largest absolute Gasteiger partial charge is 0.292 e. The number of benzene rings is 1. The number of aryl methyl sites for hydroxylation is 1. The molecular weight excluding hydrogens is 213 g/mol. The Labute approximate surface area is 104 Å². The maximum Gasteiger partial charge on any atom is 0.134 e. The number of halogens is 1. The van der Waals surface area contributed by atoms with E-state index in [0.717, 1.165) is 13.0 Å². The molecule has 0 aromatic heterocycles. The van der Waals surface area contributed by atoms with Gasteiger partial charge in [0.25, 0.3) is 0 Å². The highest BCUT2D eigenvalue weighted by atomic mass is 19.1. The van der Waals surface area contributed by atoms with E-state index in [1.54, 1.807) is 25.3 Å². The third-order valence-electron chi connectivity index (χ3n) is 3.09. The highest BCUT2D eigenvalue weighted by Gasteiger charge is 2.04. The minimum Gasteiger partial charge on any atom is -0.292 e. The fourth-order valence-corrected chi connectivity index (χ4v) is 1.90. The topological polar surface area (TPSA) is 12.4 Å². The summed E-state index contributed by atoms with van der Waals surface area (Å²) in [4.78, 5) is 4.37. The molecule has 0 aliphatic rings. The van der Waals surface area contributed by atoms with Crippen LogP contribution in [-0.2, 0) is 0 Å². The molecule has 0 radical (unpaired) electrons. The van der Waals surface area contributed by atoms with E-state index in [-0.39, 0.29) is 5.82 Å². The van der Waals surface area contributed by atoms with E-state index < -0.39 is 0 Å². The van der Waals surface area contributed by atoms with Gasteiger partial charge in [0.1, 0.15) is 5.82 Å². The summed E-state index contributed by atoms with van der Waals surface area (Å²) in [5, 5.41) is 0. The van der Waals surface area contributed by atoms with Crippen LogP contribution in [0.5, 0.6) is 0 Å². The zero-order valence-corrected chi connectivity index (χ0v) is 11.0. The monoisotopic (exact) mass is 235 g/mol. The molecule has 0 spiro atoms. The molecule has 2 heteroatoms. The van der Waals surface area contributed by atoms with Gasteiger partial charge in [-0.3, -0.25) is 4.99 Å². The minimum atomic E-state index is -0.153. The Kier molecular flexibility index (Phi) is 5.88. The first-order chi connectivity index (χ1) is 8.19. The van der Waals surface area contributed by atoms with E-state index in [9.17, 15) is 4.39 Å². The van der Waals surface area contributed by atoms with Crippen LogP contribution in [0.2, 0.25) is 0 Å². The average Bonchev–Trinajstić information content (AvgIpc) is 2.33. The van der Waals surface area contributed by atoms with Crippen molar-refractivity contribution < 1.29 is 4.39 Å². The van der Waals surface area contributed by atoms with Gasteiger partial charge >= 0.3 is 0 Å². The average molecular weight is 235 g/mol. The SMILES string of the molecule is CCCC(CC)C/N=C/c1cccc(C)c1F. The third-order valence-corrected chi connectivity index (χ3v) is 3.09. The van der Waals surface area contributed by atoms with Crippen molar-refractivity contribution >= 4 is 6.21 Å². The maximum absolute atomic E-state index is 13.7. The second kappa shape index (κ2) is 7.21. The molecule has 0 aliphatic carbocycles. The fourth-order valence-electron chi connectivity index (χ4n) is 1.90. The lowest BCUT2D eigenvalue weighted by Gasteiger charge is -2.09. The number of hydrogen-bond acceptors (Lipinski definition) is 1. The molecule has 1 aromatic carbocycles. The summed E-state index contributed by atoms with van der Waals surface area (Å²) < 4.78 is 13.7. The molecule has 1 aromatic rings. The van der Waals surface area contributed by atoms with Crippen LogP contribution in [-0.4, -0.2) is 12.8 Å². The molecular formula is C15H22FN. The summed E-state index contributed by atoms with van der Waals surface area (Å²) in [6.07, 6.45) is 5.19. The Morgan fingerprint density at radius 2 is 2.12 bits per heavy atom. The van der Waals surface area contributed by atoms with Crippen LogP contribution in [0.1, 0.15) is 44.2 Å². The number of nitrogens with zero attached hydrogens (tertiary/aromatic N) is 1. The first-order valence-electron chi connectivity index (χ1n) is 6.44. The molecule has 0 N–H and O–H groups in total. The molecule has 1 rings (SSSR count). The summed E-state index contributed by atoms with van der Waals surface area (Å²) in [5.41, 5.74) is 1.27. The molecule has 1 atom stereocenters. The molecule has 0 saturated heterocycles. The zero-order valence-electron chi connectivity index (χ0n) is 11.0. The van der Waals surface area contributed by atoms with E-state index in [1.165, 1.54) is 12.8 Å². The molecule has 17 heavy (non-hydrogen) atoms. The summed E-state index contributed by atoms with van der Waals surface area (Å²) in [6, 6.07) is 5.41. The van der Waals surface area contributed by atoms with Crippen molar-refractivity contribution in [2.45, 2.75) is 40.0 Å². The lowest BCUT2D eigenvalue weighted by Crippen LogP contribution is -2.03. The maximum atomic E-state index is 13.7. The van der Waals surface area contributed by atoms with E-state index in [1.807, 2.05) is 6.07 Å². The minimum absolute atomic E-state index is 0.153. The van der Waals surface area contributed by atoms with Gasteiger partial charge in [-0.1, -0.05) is 44.9 Å². The van der Waals surface area contributed by atoms with Crippen molar-refractivity contribution in [3.63, 3.8) is 0 Å². The van der Waals surface area contributed by atoms with Gasteiger partial charge in [0.05, 0.1) is 0 Å². The lowest BCUT2D eigenvalue weighted by molar-refractivity contribution is 0.477. The summed E-state index contributed by atoms with van der Waals surface area (Å²) in [6.45, 7) is 6.95. The second-order valence-corrected chi connectivity index (χ2v) is 4.54.